The second kappa shape index (κ2) is 4.84. The molecule has 0 aliphatic heterocycles. The Hall–Kier alpha value is -0.770. The van der Waals surface area contributed by atoms with E-state index in [1.807, 2.05) is 6.92 Å². The summed E-state index contributed by atoms with van der Waals surface area (Å²) in [6.45, 7) is 3.58. The molecule has 3 nitrogen and oxygen atoms in total. The summed E-state index contributed by atoms with van der Waals surface area (Å²) in [4.78, 5) is 0. The molecular formula is C11H16ClNO2. The first kappa shape index (κ1) is 12.3. The van der Waals surface area contributed by atoms with Crippen LogP contribution in [0.3, 0.4) is 0 Å². The van der Waals surface area contributed by atoms with Crippen molar-refractivity contribution < 1.29 is 9.84 Å². The maximum atomic E-state index is 9.95. The number of halogens is 1. The maximum absolute atomic E-state index is 9.95. The van der Waals surface area contributed by atoms with Gasteiger partial charge in [0, 0.05) is 16.6 Å². The van der Waals surface area contributed by atoms with Gasteiger partial charge in [0.05, 0.1) is 13.2 Å². The summed E-state index contributed by atoms with van der Waals surface area (Å²) < 4.78 is 5.18. The summed E-state index contributed by atoms with van der Waals surface area (Å²) >= 11 is 5.98. The van der Waals surface area contributed by atoms with Gasteiger partial charge in [-0.1, -0.05) is 11.6 Å². The lowest BCUT2D eigenvalue weighted by molar-refractivity contribution is 0.149. The van der Waals surface area contributed by atoms with Crippen LogP contribution in [-0.2, 0) is 0 Å². The molecule has 1 aromatic carbocycles. The van der Waals surface area contributed by atoms with Crippen LogP contribution < -0.4 is 10.5 Å². The molecule has 4 heteroatoms. The number of methoxy groups -OCH3 is 1. The first-order chi connectivity index (χ1) is 6.99. The number of rotatable bonds is 3. The highest BCUT2D eigenvalue weighted by molar-refractivity contribution is 6.31. The molecule has 1 aromatic rings. The Morgan fingerprint density at radius 1 is 1.47 bits per heavy atom. The second-order valence-corrected chi connectivity index (χ2v) is 4.00. The monoisotopic (exact) mass is 229 g/mol. The van der Waals surface area contributed by atoms with E-state index >= 15 is 0 Å². The molecule has 0 aromatic heterocycles. The van der Waals surface area contributed by atoms with Crippen LogP contribution in [0.25, 0.3) is 0 Å². The number of hydrogen-bond acceptors (Lipinski definition) is 3. The molecule has 0 saturated carbocycles. The van der Waals surface area contributed by atoms with Crippen LogP contribution >= 0.6 is 11.6 Å². The van der Waals surface area contributed by atoms with E-state index in [1.54, 1.807) is 26.2 Å². The molecule has 0 heterocycles. The predicted octanol–water partition coefficient (Wildman–Crippen LogP) is 2.04. The Morgan fingerprint density at radius 2 is 2.07 bits per heavy atom. The van der Waals surface area contributed by atoms with E-state index in [2.05, 4.69) is 0 Å². The van der Waals surface area contributed by atoms with Crippen LogP contribution in [0.15, 0.2) is 12.1 Å². The smallest absolute Gasteiger partial charge is 0.125 e. The molecule has 0 spiro atoms. The van der Waals surface area contributed by atoms with E-state index in [4.69, 9.17) is 22.1 Å². The number of nitrogens with two attached hydrogens (primary N) is 1. The van der Waals surface area contributed by atoms with Gasteiger partial charge in [0.1, 0.15) is 5.75 Å². The normalized spacial score (nSPS) is 14.8. The largest absolute Gasteiger partial charge is 0.496 e. The Kier molecular flexibility index (Phi) is 3.97. The highest BCUT2D eigenvalue weighted by atomic mass is 35.5. The Bertz CT molecular complexity index is 353. The van der Waals surface area contributed by atoms with Crippen molar-refractivity contribution in [1.82, 2.24) is 0 Å². The number of ether oxygens (including phenoxy) is 1. The van der Waals surface area contributed by atoms with Crippen LogP contribution in [0.4, 0.5) is 0 Å². The van der Waals surface area contributed by atoms with Gasteiger partial charge in [0.25, 0.3) is 0 Å². The quantitative estimate of drug-likeness (QED) is 0.834. The van der Waals surface area contributed by atoms with Crippen molar-refractivity contribution in [1.29, 1.82) is 0 Å². The van der Waals surface area contributed by atoms with E-state index in [-0.39, 0.29) is 6.04 Å². The lowest BCUT2D eigenvalue weighted by Gasteiger charge is -2.20. The zero-order valence-electron chi connectivity index (χ0n) is 9.12. The Balaban J connectivity index is 3.29. The highest BCUT2D eigenvalue weighted by Crippen LogP contribution is 2.33. The van der Waals surface area contributed by atoms with Crippen LogP contribution in [0.5, 0.6) is 5.75 Å². The molecule has 2 atom stereocenters. The minimum Gasteiger partial charge on any atom is -0.496 e. The minimum absolute atomic E-state index is 0.365. The summed E-state index contributed by atoms with van der Waals surface area (Å²) in [6.07, 6.45) is -0.765. The van der Waals surface area contributed by atoms with Gasteiger partial charge < -0.3 is 15.6 Å². The Morgan fingerprint density at radius 3 is 2.53 bits per heavy atom. The van der Waals surface area contributed by atoms with Gasteiger partial charge in [-0.05, 0) is 31.5 Å². The third-order valence-electron chi connectivity index (χ3n) is 2.42. The first-order valence-corrected chi connectivity index (χ1v) is 5.13. The molecule has 0 aliphatic carbocycles. The van der Waals surface area contributed by atoms with Crippen LogP contribution in [0.1, 0.15) is 24.2 Å². The molecule has 3 N–H and O–H groups in total. The number of hydrogen-bond donors (Lipinski definition) is 2. The van der Waals surface area contributed by atoms with E-state index in [0.717, 1.165) is 5.56 Å². The number of aliphatic hydroxyl groups excluding tert-OH is 1. The Labute approximate surface area is 94.8 Å². The van der Waals surface area contributed by atoms with Gasteiger partial charge in [-0.2, -0.15) is 0 Å². The predicted molar refractivity (Wildman–Crippen MR) is 61.4 cm³/mol. The molecule has 0 radical (unpaired) electrons. The molecule has 0 amide bonds. The summed E-state index contributed by atoms with van der Waals surface area (Å²) in [5.41, 5.74) is 7.13. The molecule has 0 bridgehead atoms. The van der Waals surface area contributed by atoms with E-state index in [0.29, 0.717) is 16.3 Å². The summed E-state index contributed by atoms with van der Waals surface area (Å²) in [5, 5.41) is 10.6. The first-order valence-electron chi connectivity index (χ1n) is 4.75. The van der Waals surface area contributed by atoms with Crippen molar-refractivity contribution in [2.45, 2.75) is 26.0 Å². The lowest BCUT2D eigenvalue weighted by Crippen LogP contribution is -2.25. The van der Waals surface area contributed by atoms with Crippen molar-refractivity contribution in [3.63, 3.8) is 0 Å². The fourth-order valence-corrected chi connectivity index (χ4v) is 1.65. The topological polar surface area (TPSA) is 55.5 Å². The number of benzene rings is 1. The summed E-state index contributed by atoms with van der Waals surface area (Å²) in [6, 6.07) is 3.11. The van der Waals surface area contributed by atoms with Crippen molar-refractivity contribution in [2.24, 2.45) is 5.73 Å². The lowest BCUT2D eigenvalue weighted by atomic mass is 9.98. The van der Waals surface area contributed by atoms with Gasteiger partial charge in [0.15, 0.2) is 0 Å². The third-order valence-corrected chi connectivity index (χ3v) is 2.83. The van der Waals surface area contributed by atoms with Crippen LogP contribution in [0.2, 0.25) is 5.02 Å². The third kappa shape index (κ3) is 2.43. The SMILES string of the molecule is COc1ccc(Cl)c(C)c1C(O)C(C)N. The molecule has 0 fully saturated rings. The van der Waals surface area contributed by atoms with Gasteiger partial charge >= 0.3 is 0 Å². The average Bonchev–Trinajstić information content (AvgIpc) is 2.20. The van der Waals surface area contributed by atoms with Gasteiger partial charge in [-0.3, -0.25) is 0 Å². The zero-order valence-corrected chi connectivity index (χ0v) is 9.88. The molecule has 15 heavy (non-hydrogen) atoms. The standard InChI is InChI=1S/C11H16ClNO2/c1-6-8(12)4-5-9(15-3)10(6)11(14)7(2)13/h4-5,7,11,14H,13H2,1-3H3. The molecule has 2 unspecified atom stereocenters. The van der Waals surface area contributed by atoms with E-state index in [1.165, 1.54) is 0 Å². The fourth-order valence-electron chi connectivity index (χ4n) is 1.49. The maximum Gasteiger partial charge on any atom is 0.125 e. The van der Waals surface area contributed by atoms with Crippen molar-refractivity contribution in [2.75, 3.05) is 7.11 Å². The molecule has 84 valence electrons. The van der Waals surface area contributed by atoms with Gasteiger partial charge in [-0.25, -0.2) is 0 Å². The minimum atomic E-state index is -0.765. The molecular weight excluding hydrogens is 214 g/mol. The van der Waals surface area contributed by atoms with Crippen LogP contribution in [0, 0.1) is 6.92 Å². The van der Waals surface area contributed by atoms with E-state index < -0.39 is 6.10 Å². The number of aliphatic hydroxyl groups is 1. The molecule has 1 rings (SSSR count). The second-order valence-electron chi connectivity index (χ2n) is 3.59. The van der Waals surface area contributed by atoms with Crippen molar-refractivity contribution in [3.05, 3.63) is 28.3 Å². The van der Waals surface area contributed by atoms with Gasteiger partial charge in [-0.15, -0.1) is 0 Å². The van der Waals surface area contributed by atoms with Crippen LogP contribution in [-0.4, -0.2) is 18.3 Å². The summed E-state index contributed by atoms with van der Waals surface area (Å²) in [7, 11) is 1.56. The molecule has 0 aliphatic rings. The summed E-state index contributed by atoms with van der Waals surface area (Å²) in [5.74, 6) is 0.613. The highest BCUT2D eigenvalue weighted by Gasteiger charge is 2.20. The van der Waals surface area contributed by atoms with Gasteiger partial charge in [0.2, 0.25) is 0 Å². The fraction of sp³-hybridized carbons (Fsp3) is 0.455. The van der Waals surface area contributed by atoms with E-state index in [9.17, 15) is 5.11 Å². The zero-order chi connectivity index (χ0) is 11.6. The van der Waals surface area contributed by atoms with Crippen molar-refractivity contribution in [3.8, 4) is 5.75 Å². The van der Waals surface area contributed by atoms with Crippen molar-refractivity contribution >= 4 is 11.6 Å². The molecule has 0 saturated heterocycles. The average molecular weight is 230 g/mol.